The Morgan fingerprint density at radius 3 is 2.10 bits per heavy atom. The molecule has 1 saturated heterocycles. The van der Waals surface area contributed by atoms with Crippen LogP contribution in [0.2, 0.25) is 0 Å². The number of hydrogen-bond donors (Lipinski definition) is 0. The van der Waals surface area contributed by atoms with Crippen LogP contribution in [0.3, 0.4) is 0 Å². The van der Waals surface area contributed by atoms with Crippen LogP contribution in [-0.2, 0) is 19.8 Å². The first-order valence-electron chi connectivity index (χ1n) is 10.7. The van der Waals surface area contributed by atoms with Crippen LogP contribution in [0.1, 0.15) is 39.2 Å². The lowest BCUT2D eigenvalue weighted by Gasteiger charge is -2.37. The maximum Gasteiger partial charge on any atom is 0.331 e. The van der Waals surface area contributed by atoms with Crippen molar-refractivity contribution in [3.63, 3.8) is 0 Å². The number of benzene rings is 1. The van der Waals surface area contributed by atoms with Gasteiger partial charge in [0.25, 0.3) is 0 Å². The predicted molar refractivity (Wildman–Crippen MR) is 107 cm³/mol. The third-order valence-corrected chi connectivity index (χ3v) is 7.79. The molecule has 5 heteroatoms. The quantitative estimate of drug-likeness (QED) is 0.333. The highest BCUT2D eigenvalue weighted by atomic mass is 16.5. The molecule has 0 N–H and O–H groups in total. The van der Waals surface area contributed by atoms with Crippen LogP contribution in [-0.4, -0.2) is 29.2 Å². The van der Waals surface area contributed by atoms with Crippen molar-refractivity contribution < 1.29 is 19.1 Å². The Kier molecular flexibility index (Phi) is 4.03. The minimum atomic E-state index is -0.571. The summed E-state index contributed by atoms with van der Waals surface area (Å²) < 4.78 is 5.43. The molecule has 0 aromatic heterocycles. The number of carbonyl (C=O) groups is 3. The molecule has 1 aromatic carbocycles. The average molecular weight is 393 g/mol. The van der Waals surface area contributed by atoms with Gasteiger partial charge in [-0.15, -0.1) is 0 Å². The number of ether oxygens (including phenoxy) is 1. The average Bonchev–Trinajstić information content (AvgIpc) is 3.49. The Balaban J connectivity index is 1.26. The summed E-state index contributed by atoms with van der Waals surface area (Å²) in [6.07, 6.45) is 6.40. The summed E-state index contributed by atoms with van der Waals surface area (Å²) in [7, 11) is 0. The van der Waals surface area contributed by atoms with Crippen molar-refractivity contribution in [1.29, 1.82) is 0 Å². The number of amides is 2. The topological polar surface area (TPSA) is 63.7 Å². The highest BCUT2D eigenvalue weighted by Gasteiger charge is 2.67. The first-order chi connectivity index (χ1) is 13.8. The zero-order valence-corrected chi connectivity index (χ0v) is 17.1. The van der Waals surface area contributed by atoms with Crippen molar-refractivity contribution in [3.8, 4) is 5.75 Å². The summed E-state index contributed by atoms with van der Waals surface area (Å²) in [6, 6.07) is 7.47. The molecule has 0 spiro atoms. The Morgan fingerprint density at radius 1 is 1.03 bits per heavy atom. The summed E-state index contributed by atoms with van der Waals surface area (Å²) in [4.78, 5) is 39.5. The van der Waals surface area contributed by atoms with E-state index in [1.807, 2.05) is 12.1 Å². The fourth-order valence-corrected chi connectivity index (χ4v) is 5.65. The molecule has 29 heavy (non-hydrogen) atoms. The maximum absolute atomic E-state index is 12.9. The van der Waals surface area contributed by atoms with E-state index < -0.39 is 5.97 Å². The van der Waals surface area contributed by atoms with E-state index in [-0.39, 0.29) is 47.4 Å². The van der Waals surface area contributed by atoms with E-state index in [1.54, 1.807) is 12.1 Å². The SMILES string of the molecule is CCC(C)(C)c1ccc(OC(=O)CN2C(=O)[C@@H]3[C@@H]4C=C[C@H]([C@H]5C[C@H]45)[C@@H]3C2=O)cc1. The first kappa shape index (κ1) is 18.6. The molecule has 0 unspecified atom stereocenters. The molecule has 1 heterocycles. The van der Waals surface area contributed by atoms with Crippen LogP contribution < -0.4 is 4.74 Å². The van der Waals surface area contributed by atoms with E-state index in [0.29, 0.717) is 17.6 Å². The molecule has 2 saturated carbocycles. The van der Waals surface area contributed by atoms with Crippen molar-refractivity contribution in [2.24, 2.45) is 35.5 Å². The van der Waals surface area contributed by atoms with Crippen LogP contribution in [0, 0.1) is 35.5 Å². The lowest BCUT2D eigenvalue weighted by molar-refractivity contribution is -0.148. The minimum absolute atomic E-state index is 0.0569. The predicted octanol–water partition coefficient (Wildman–Crippen LogP) is 3.33. The summed E-state index contributed by atoms with van der Waals surface area (Å²) in [5.41, 5.74) is 1.23. The van der Waals surface area contributed by atoms with Gasteiger partial charge in [0.15, 0.2) is 0 Å². The van der Waals surface area contributed by atoms with E-state index in [0.717, 1.165) is 17.7 Å². The zero-order valence-electron chi connectivity index (χ0n) is 17.1. The Bertz CT molecular complexity index is 879. The zero-order chi connectivity index (χ0) is 20.5. The monoisotopic (exact) mass is 393 g/mol. The third kappa shape index (κ3) is 2.77. The molecule has 1 aromatic rings. The molecular formula is C24H27NO4. The van der Waals surface area contributed by atoms with Crippen LogP contribution in [0.25, 0.3) is 0 Å². The second-order valence-electron chi connectivity index (χ2n) is 9.65. The summed E-state index contributed by atoms with van der Waals surface area (Å²) in [5, 5.41) is 0. The van der Waals surface area contributed by atoms with E-state index >= 15 is 0 Å². The van der Waals surface area contributed by atoms with Gasteiger partial charge in [0.1, 0.15) is 12.3 Å². The fourth-order valence-electron chi connectivity index (χ4n) is 5.65. The van der Waals surface area contributed by atoms with Crippen molar-refractivity contribution in [3.05, 3.63) is 42.0 Å². The number of rotatable bonds is 5. The van der Waals surface area contributed by atoms with Gasteiger partial charge in [-0.05, 0) is 59.6 Å². The summed E-state index contributed by atoms with van der Waals surface area (Å²) >= 11 is 0. The van der Waals surface area contributed by atoms with Crippen LogP contribution in [0.15, 0.2) is 36.4 Å². The van der Waals surface area contributed by atoms with Gasteiger partial charge in [0, 0.05) is 0 Å². The van der Waals surface area contributed by atoms with Crippen LogP contribution in [0.5, 0.6) is 5.75 Å². The second-order valence-corrected chi connectivity index (χ2v) is 9.65. The van der Waals surface area contributed by atoms with Gasteiger partial charge in [0.2, 0.25) is 11.8 Å². The number of esters is 1. The molecule has 2 bridgehead atoms. The Morgan fingerprint density at radius 2 is 1.59 bits per heavy atom. The molecule has 0 radical (unpaired) electrons. The normalized spacial score (nSPS) is 34.2. The van der Waals surface area contributed by atoms with Gasteiger partial charge in [0.05, 0.1) is 11.8 Å². The highest BCUT2D eigenvalue weighted by molar-refractivity contribution is 6.08. The first-order valence-corrected chi connectivity index (χ1v) is 10.7. The standard InChI is InChI=1S/C24H27NO4/c1-4-24(2,3)13-5-7-14(8-6-13)29-19(26)12-25-22(27)20-15-9-10-16(18-11-17(15)18)21(20)23(25)28/h5-10,15-18,20-21H,4,11-12H2,1-3H3/t15-,16-,17-,18-,20-,21+/m1/s1. The lowest BCUT2D eigenvalue weighted by atomic mass is 9.63. The van der Waals surface area contributed by atoms with Crippen LogP contribution >= 0.6 is 0 Å². The largest absolute Gasteiger partial charge is 0.425 e. The van der Waals surface area contributed by atoms with Gasteiger partial charge in [-0.1, -0.05) is 45.1 Å². The second kappa shape index (κ2) is 6.28. The van der Waals surface area contributed by atoms with E-state index in [2.05, 4.69) is 32.9 Å². The number of hydrogen-bond acceptors (Lipinski definition) is 4. The summed E-state index contributed by atoms with van der Waals surface area (Å²) in [5.74, 6) is 0.381. The Labute approximate surface area is 171 Å². The maximum atomic E-state index is 12.9. The van der Waals surface area contributed by atoms with Crippen molar-refractivity contribution in [2.45, 2.75) is 39.0 Å². The highest BCUT2D eigenvalue weighted by Crippen LogP contribution is 2.65. The number of likely N-dealkylation sites (tertiary alicyclic amines) is 1. The van der Waals surface area contributed by atoms with Gasteiger partial charge < -0.3 is 4.74 Å². The molecule has 6 atom stereocenters. The molecule has 152 valence electrons. The minimum Gasteiger partial charge on any atom is -0.425 e. The molecule has 5 aliphatic rings. The van der Waals surface area contributed by atoms with Gasteiger partial charge in [-0.25, -0.2) is 4.79 Å². The van der Waals surface area contributed by atoms with Crippen molar-refractivity contribution in [1.82, 2.24) is 4.90 Å². The van der Waals surface area contributed by atoms with Gasteiger partial charge in [-0.2, -0.15) is 0 Å². The van der Waals surface area contributed by atoms with E-state index in [1.165, 1.54) is 5.56 Å². The molecule has 1 aliphatic heterocycles. The lowest BCUT2D eigenvalue weighted by Crippen LogP contribution is -2.40. The number of nitrogens with zero attached hydrogens (tertiary/aromatic N) is 1. The smallest absolute Gasteiger partial charge is 0.331 e. The van der Waals surface area contributed by atoms with E-state index in [4.69, 9.17) is 4.74 Å². The molecule has 5 nitrogen and oxygen atoms in total. The van der Waals surface area contributed by atoms with Crippen LogP contribution in [0.4, 0.5) is 0 Å². The van der Waals surface area contributed by atoms with Crippen molar-refractivity contribution in [2.75, 3.05) is 6.54 Å². The van der Waals surface area contributed by atoms with Gasteiger partial charge in [-0.3, -0.25) is 14.5 Å². The van der Waals surface area contributed by atoms with Crippen molar-refractivity contribution >= 4 is 17.8 Å². The Hall–Kier alpha value is -2.43. The molecule has 6 rings (SSSR count). The van der Waals surface area contributed by atoms with E-state index in [9.17, 15) is 14.4 Å². The molecular weight excluding hydrogens is 366 g/mol. The number of allylic oxidation sites excluding steroid dienone is 2. The molecule has 2 amide bonds. The molecule has 4 aliphatic carbocycles. The third-order valence-electron chi connectivity index (χ3n) is 7.79. The fraction of sp³-hybridized carbons (Fsp3) is 0.542. The number of carbonyl (C=O) groups excluding carboxylic acids is 3. The summed E-state index contributed by atoms with van der Waals surface area (Å²) in [6.45, 7) is 6.18. The molecule has 3 fully saturated rings. The number of imide groups is 1. The van der Waals surface area contributed by atoms with Gasteiger partial charge >= 0.3 is 5.97 Å².